The molecular weight excluding hydrogens is 455 g/mol. The van der Waals surface area contributed by atoms with Crippen LogP contribution in [0.1, 0.15) is 39.5 Å². The van der Waals surface area contributed by atoms with Crippen LogP contribution in [-0.2, 0) is 14.8 Å². The number of aliphatic imine (C=N–C) groups is 1. The molecule has 148 valence electrons. The van der Waals surface area contributed by atoms with Crippen molar-refractivity contribution >= 4 is 40.0 Å². The van der Waals surface area contributed by atoms with Crippen molar-refractivity contribution < 1.29 is 13.2 Å². The van der Waals surface area contributed by atoms with E-state index in [9.17, 15) is 8.42 Å². The fourth-order valence-corrected chi connectivity index (χ4v) is 4.11. The van der Waals surface area contributed by atoms with E-state index in [1.807, 2.05) is 0 Å². The molecule has 0 amide bonds. The van der Waals surface area contributed by atoms with Crippen LogP contribution in [0.2, 0.25) is 0 Å². The molecule has 0 bridgehead atoms. The molecule has 2 rings (SSSR count). The van der Waals surface area contributed by atoms with Gasteiger partial charge in [0.15, 0.2) is 5.96 Å². The smallest absolute Gasteiger partial charge is 0.211 e. The van der Waals surface area contributed by atoms with Gasteiger partial charge in [-0.25, -0.2) is 12.7 Å². The van der Waals surface area contributed by atoms with E-state index in [4.69, 9.17) is 4.74 Å². The number of piperidine rings is 1. The maximum atomic E-state index is 11.6. The molecule has 0 aromatic heterocycles. The Morgan fingerprint density at radius 2 is 2.00 bits per heavy atom. The molecule has 0 aromatic rings. The van der Waals surface area contributed by atoms with E-state index in [-0.39, 0.29) is 29.6 Å². The average Bonchev–Trinajstić information content (AvgIpc) is 2.97. The monoisotopic (exact) mass is 488 g/mol. The molecule has 1 atom stereocenters. The van der Waals surface area contributed by atoms with Gasteiger partial charge in [-0.1, -0.05) is 0 Å². The Balaban J connectivity index is 0.00000312. The second kappa shape index (κ2) is 10.3. The van der Waals surface area contributed by atoms with E-state index in [2.05, 4.69) is 29.5 Å². The molecule has 2 aliphatic heterocycles. The van der Waals surface area contributed by atoms with Crippen molar-refractivity contribution in [2.75, 3.05) is 45.6 Å². The van der Waals surface area contributed by atoms with E-state index in [0.717, 1.165) is 51.3 Å². The molecule has 0 saturated carbocycles. The number of nitrogens with zero attached hydrogens (tertiary/aromatic N) is 2. The number of nitrogens with one attached hydrogen (secondary N) is 2. The van der Waals surface area contributed by atoms with Gasteiger partial charge in [0.2, 0.25) is 10.0 Å². The first-order valence-corrected chi connectivity index (χ1v) is 10.8. The summed E-state index contributed by atoms with van der Waals surface area (Å²) >= 11 is 0. The summed E-state index contributed by atoms with van der Waals surface area (Å²) in [5.74, 6) is 1.30. The lowest BCUT2D eigenvalue weighted by Gasteiger charge is -2.30. The van der Waals surface area contributed by atoms with Gasteiger partial charge in [0, 0.05) is 32.8 Å². The molecule has 0 spiro atoms. The average molecular weight is 488 g/mol. The fourth-order valence-electron chi connectivity index (χ4n) is 3.24. The number of halogens is 1. The van der Waals surface area contributed by atoms with Crippen molar-refractivity contribution in [3.63, 3.8) is 0 Å². The van der Waals surface area contributed by atoms with Crippen molar-refractivity contribution in [1.29, 1.82) is 0 Å². The molecule has 0 aromatic carbocycles. The Morgan fingerprint density at radius 1 is 1.32 bits per heavy atom. The maximum Gasteiger partial charge on any atom is 0.211 e. The molecule has 2 fully saturated rings. The Labute approximate surface area is 169 Å². The van der Waals surface area contributed by atoms with Crippen molar-refractivity contribution in [3.05, 3.63) is 0 Å². The van der Waals surface area contributed by atoms with E-state index in [1.54, 1.807) is 4.31 Å². The van der Waals surface area contributed by atoms with E-state index in [1.165, 1.54) is 6.26 Å². The van der Waals surface area contributed by atoms with Crippen LogP contribution in [0, 0.1) is 5.92 Å². The Bertz CT molecular complexity index is 527. The summed E-state index contributed by atoms with van der Waals surface area (Å²) in [4.78, 5) is 4.67. The van der Waals surface area contributed by atoms with Crippen molar-refractivity contribution in [3.8, 4) is 0 Å². The summed E-state index contributed by atoms with van der Waals surface area (Å²) in [6, 6.07) is 0. The molecule has 2 N–H and O–H groups in total. The molecule has 1 unspecified atom stereocenters. The van der Waals surface area contributed by atoms with Crippen LogP contribution in [0.5, 0.6) is 0 Å². The van der Waals surface area contributed by atoms with Gasteiger partial charge in [0.05, 0.1) is 18.4 Å². The molecular formula is C16H33IN4O3S. The Hall–Kier alpha value is -0.130. The van der Waals surface area contributed by atoms with Gasteiger partial charge in [0.25, 0.3) is 0 Å². The third-order valence-electron chi connectivity index (χ3n) is 4.82. The predicted octanol–water partition coefficient (Wildman–Crippen LogP) is 1.40. The second-order valence-electron chi connectivity index (χ2n) is 7.08. The van der Waals surface area contributed by atoms with Crippen LogP contribution >= 0.6 is 24.0 Å². The highest BCUT2D eigenvalue weighted by Gasteiger charge is 2.29. The van der Waals surface area contributed by atoms with Crippen LogP contribution in [-0.4, -0.2) is 69.9 Å². The first kappa shape index (κ1) is 22.9. The van der Waals surface area contributed by atoms with Gasteiger partial charge >= 0.3 is 0 Å². The molecule has 7 nitrogen and oxygen atoms in total. The standard InChI is InChI=1S/C16H32N4O3S.HI/c1-4-17-15(19-13-16(2)8-5-11-23-16)18-12-14-6-9-20(10-7-14)24(3,21)22;/h14H,4-13H2,1-3H3,(H2,17,18,19);1H. The lowest BCUT2D eigenvalue weighted by Crippen LogP contribution is -2.44. The van der Waals surface area contributed by atoms with E-state index in [0.29, 0.717) is 25.6 Å². The highest BCUT2D eigenvalue weighted by molar-refractivity contribution is 14.0. The van der Waals surface area contributed by atoms with Crippen LogP contribution in [0.15, 0.2) is 4.99 Å². The summed E-state index contributed by atoms with van der Waals surface area (Å²) in [7, 11) is -3.05. The minimum absolute atomic E-state index is 0. The minimum Gasteiger partial charge on any atom is -0.373 e. The Kier molecular flexibility index (Phi) is 9.41. The number of ether oxygens (including phenoxy) is 1. The van der Waals surface area contributed by atoms with Gasteiger partial charge in [0.1, 0.15) is 0 Å². The summed E-state index contributed by atoms with van der Waals surface area (Å²) in [5.41, 5.74) is -0.136. The second-order valence-corrected chi connectivity index (χ2v) is 9.07. The van der Waals surface area contributed by atoms with Crippen LogP contribution in [0.25, 0.3) is 0 Å². The maximum absolute atomic E-state index is 11.6. The topological polar surface area (TPSA) is 83.0 Å². The van der Waals surface area contributed by atoms with E-state index >= 15 is 0 Å². The number of sulfonamides is 1. The minimum atomic E-state index is -3.05. The molecule has 0 radical (unpaired) electrons. The lowest BCUT2D eigenvalue weighted by molar-refractivity contribution is 0.0283. The largest absolute Gasteiger partial charge is 0.373 e. The van der Waals surface area contributed by atoms with Gasteiger partial charge in [-0.15, -0.1) is 24.0 Å². The van der Waals surface area contributed by atoms with Gasteiger partial charge in [-0.05, 0) is 45.4 Å². The van der Waals surface area contributed by atoms with Gasteiger partial charge < -0.3 is 15.4 Å². The first-order chi connectivity index (χ1) is 11.3. The quantitative estimate of drug-likeness (QED) is 0.336. The molecule has 2 saturated heterocycles. The predicted molar refractivity (Wildman–Crippen MR) is 112 cm³/mol. The zero-order valence-electron chi connectivity index (χ0n) is 15.6. The number of hydrogen-bond donors (Lipinski definition) is 2. The van der Waals surface area contributed by atoms with Gasteiger partial charge in [-0.3, -0.25) is 4.99 Å². The molecule has 25 heavy (non-hydrogen) atoms. The summed E-state index contributed by atoms with van der Waals surface area (Å²) in [6.45, 7) is 8.53. The normalized spacial score (nSPS) is 26.3. The van der Waals surface area contributed by atoms with Crippen molar-refractivity contribution in [1.82, 2.24) is 14.9 Å². The Morgan fingerprint density at radius 3 is 2.52 bits per heavy atom. The number of rotatable bonds is 6. The van der Waals surface area contributed by atoms with Crippen LogP contribution < -0.4 is 10.6 Å². The van der Waals surface area contributed by atoms with Crippen LogP contribution in [0.3, 0.4) is 0 Å². The molecule has 2 aliphatic rings. The highest BCUT2D eigenvalue weighted by Crippen LogP contribution is 2.25. The summed E-state index contributed by atoms with van der Waals surface area (Å²) < 4.78 is 30.5. The lowest BCUT2D eigenvalue weighted by atomic mass is 9.98. The first-order valence-electron chi connectivity index (χ1n) is 8.94. The van der Waals surface area contributed by atoms with Crippen molar-refractivity contribution in [2.45, 2.75) is 45.1 Å². The third-order valence-corrected chi connectivity index (χ3v) is 6.12. The van der Waals surface area contributed by atoms with Crippen molar-refractivity contribution in [2.24, 2.45) is 10.9 Å². The summed E-state index contributed by atoms with van der Waals surface area (Å²) in [6.07, 6.45) is 5.22. The van der Waals surface area contributed by atoms with E-state index < -0.39 is 10.0 Å². The summed E-state index contributed by atoms with van der Waals surface area (Å²) in [5, 5.41) is 6.67. The molecule has 0 aliphatic carbocycles. The fraction of sp³-hybridized carbons (Fsp3) is 0.938. The SMILES string of the molecule is CCNC(=NCC1(C)CCCO1)NCC1CCN(S(C)(=O)=O)CC1.I. The van der Waals surface area contributed by atoms with Crippen LogP contribution in [0.4, 0.5) is 0 Å². The third kappa shape index (κ3) is 7.56. The zero-order chi connectivity index (χ0) is 17.6. The number of guanidine groups is 1. The molecule has 2 heterocycles. The zero-order valence-corrected chi connectivity index (χ0v) is 18.7. The highest BCUT2D eigenvalue weighted by atomic mass is 127. The molecule has 9 heteroatoms. The number of hydrogen-bond acceptors (Lipinski definition) is 4. The van der Waals surface area contributed by atoms with Gasteiger partial charge in [-0.2, -0.15) is 0 Å².